The quantitative estimate of drug-likeness (QED) is 0.878. The number of methoxy groups -OCH3 is 1. The second kappa shape index (κ2) is 5.84. The Morgan fingerprint density at radius 1 is 1.32 bits per heavy atom. The first-order valence-corrected chi connectivity index (χ1v) is 7.81. The van der Waals surface area contributed by atoms with Crippen molar-refractivity contribution in [3.63, 3.8) is 0 Å². The van der Waals surface area contributed by atoms with E-state index in [9.17, 15) is 0 Å². The zero-order valence-electron chi connectivity index (χ0n) is 12.3. The van der Waals surface area contributed by atoms with Gasteiger partial charge in [-0.3, -0.25) is 0 Å². The van der Waals surface area contributed by atoms with Crippen LogP contribution >= 0.6 is 15.9 Å². The van der Waals surface area contributed by atoms with Gasteiger partial charge in [0.25, 0.3) is 0 Å². The Hall–Kier alpha value is -0.540. The molecule has 106 valence electrons. The van der Waals surface area contributed by atoms with E-state index in [0.29, 0.717) is 5.92 Å². The summed E-state index contributed by atoms with van der Waals surface area (Å²) in [5.74, 6) is 1.63. The molecule has 0 saturated carbocycles. The minimum atomic E-state index is 0.0893. The average molecular weight is 326 g/mol. The van der Waals surface area contributed by atoms with Crippen LogP contribution in [0, 0.1) is 0 Å². The highest BCUT2D eigenvalue weighted by molar-refractivity contribution is 9.10. The molecule has 0 amide bonds. The van der Waals surface area contributed by atoms with Gasteiger partial charge in [0.05, 0.1) is 7.11 Å². The molecule has 1 aromatic carbocycles. The Morgan fingerprint density at radius 2 is 2.05 bits per heavy atom. The van der Waals surface area contributed by atoms with Gasteiger partial charge < -0.3 is 10.1 Å². The van der Waals surface area contributed by atoms with E-state index in [4.69, 9.17) is 4.74 Å². The zero-order chi connectivity index (χ0) is 14.0. The fraction of sp³-hybridized carbons (Fsp3) is 0.625. The first kappa shape index (κ1) is 14.9. The number of hydrogen-bond donors (Lipinski definition) is 1. The van der Waals surface area contributed by atoms with Crippen LogP contribution in [0.4, 0.5) is 0 Å². The number of rotatable bonds is 2. The fourth-order valence-corrected chi connectivity index (χ4v) is 3.30. The van der Waals surface area contributed by atoms with E-state index in [2.05, 4.69) is 54.2 Å². The third-order valence-electron chi connectivity index (χ3n) is 3.83. The lowest BCUT2D eigenvalue weighted by atomic mass is 9.82. The molecule has 1 aliphatic heterocycles. The minimum Gasteiger partial charge on any atom is -0.496 e. The molecule has 1 heterocycles. The highest BCUT2D eigenvalue weighted by Crippen LogP contribution is 2.41. The van der Waals surface area contributed by atoms with Gasteiger partial charge in [-0.25, -0.2) is 0 Å². The van der Waals surface area contributed by atoms with Crippen molar-refractivity contribution in [2.24, 2.45) is 0 Å². The molecule has 0 aliphatic carbocycles. The molecule has 2 rings (SSSR count). The Balaban J connectivity index is 2.50. The molecular weight excluding hydrogens is 302 g/mol. The van der Waals surface area contributed by atoms with Crippen molar-refractivity contribution in [1.82, 2.24) is 5.32 Å². The molecular formula is C16H24BrNO. The maximum atomic E-state index is 5.76. The third kappa shape index (κ3) is 3.32. The first-order valence-electron chi connectivity index (χ1n) is 7.02. The van der Waals surface area contributed by atoms with Crippen LogP contribution in [-0.4, -0.2) is 20.2 Å². The molecule has 0 bridgehead atoms. The van der Waals surface area contributed by atoms with Crippen molar-refractivity contribution in [2.45, 2.75) is 44.9 Å². The van der Waals surface area contributed by atoms with E-state index < -0.39 is 0 Å². The van der Waals surface area contributed by atoms with E-state index in [1.165, 1.54) is 24.0 Å². The Labute approximate surface area is 125 Å². The molecule has 2 nitrogen and oxygen atoms in total. The Bertz CT molecular complexity index is 445. The van der Waals surface area contributed by atoms with Crippen LogP contribution in [0.5, 0.6) is 5.75 Å². The average Bonchev–Trinajstić information content (AvgIpc) is 2.37. The van der Waals surface area contributed by atoms with Gasteiger partial charge in [0.1, 0.15) is 5.75 Å². The van der Waals surface area contributed by atoms with Crippen molar-refractivity contribution in [3.05, 3.63) is 27.7 Å². The maximum absolute atomic E-state index is 5.76. The predicted molar refractivity (Wildman–Crippen MR) is 84.2 cm³/mol. The monoisotopic (exact) mass is 325 g/mol. The van der Waals surface area contributed by atoms with Gasteiger partial charge in [-0.1, -0.05) is 36.7 Å². The molecule has 1 aromatic rings. The fourth-order valence-electron chi connectivity index (χ4n) is 2.82. The number of benzene rings is 1. The van der Waals surface area contributed by atoms with Crippen molar-refractivity contribution in [1.29, 1.82) is 0 Å². The summed E-state index contributed by atoms with van der Waals surface area (Å²) in [6.45, 7) is 8.90. The van der Waals surface area contributed by atoms with E-state index >= 15 is 0 Å². The number of halogens is 1. The molecule has 1 fully saturated rings. The molecule has 1 saturated heterocycles. The Kier molecular flexibility index (Phi) is 4.57. The normalized spacial score (nSPS) is 20.4. The lowest BCUT2D eigenvalue weighted by molar-refractivity contribution is 0.378. The molecule has 0 radical (unpaired) electrons. The van der Waals surface area contributed by atoms with E-state index in [-0.39, 0.29) is 5.41 Å². The Morgan fingerprint density at radius 3 is 2.58 bits per heavy atom. The van der Waals surface area contributed by atoms with Crippen LogP contribution in [0.1, 0.15) is 50.7 Å². The number of ether oxygens (including phenoxy) is 1. The van der Waals surface area contributed by atoms with Crippen LogP contribution in [0.3, 0.4) is 0 Å². The van der Waals surface area contributed by atoms with Crippen molar-refractivity contribution >= 4 is 15.9 Å². The third-order valence-corrected chi connectivity index (χ3v) is 4.29. The predicted octanol–water partition coefficient (Wildman–Crippen LogP) is 4.22. The van der Waals surface area contributed by atoms with Gasteiger partial charge in [0.15, 0.2) is 0 Å². The van der Waals surface area contributed by atoms with E-state index in [0.717, 1.165) is 23.3 Å². The lowest BCUT2D eigenvalue weighted by Gasteiger charge is -2.29. The standard InChI is InChI=1S/C16H24BrNO/c1-16(2,3)14-9-12(17)8-13(15(14)19-4)11-6-5-7-18-10-11/h8-9,11,18H,5-7,10H2,1-4H3. The second-order valence-corrected chi connectivity index (χ2v) is 7.28. The highest BCUT2D eigenvalue weighted by Gasteiger charge is 2.26. The molecule has 3 heteroatoms. The van der Waals surface area contributed by atoms with E-state index in [1.54, 1.807) is 7.11 Å². The van der Waals surface area contributed by atoms with Crippen LogP contribution in [0.25, 0.3) is 0 Å². The number of hydrogen-bond acceptors (Lipinski definition) is 2. The first-order chi connectivity index (χ1) is 8.93. The summed E-state index contributed by atoms with van der Waals surface area (Å²) < 4.78 is 6.91. The second-order valence-electron chi connectivity index (χ2n) is 6.37. The van der Waals surface area contributed by atoms with Crippen LogP contribution in [-0.2, 0) is 5.41 Å². The summed E-state index contributed by atoms with van der Waals surface area (Å²) in [7, 11) is 1.79. The van der Waals surface area contributed by atoms with Gasteiger partial charge in [0.2, 0.25) is 0 Å². The van der Waals surface area contributed by atoms with Crippen molar-refractivity contribution < 1.29 is 4.74 Å². The molecule has 1 unspecified atom stereocenters. The van der Waals surface area contributed by atoms with Crippen molar-refractivity contribution in [3.8, 4) is 5.75 Å². The highest BCUT2D eigenvalue weighted by atomic mass is 79.9. The van der Waals surface area contributed by atoms with Crippen LogP contribution < -0.4 is 10.1 Å². The number of piperidine rings is 1. The maximum Gasteiger partial charge on any atom is 0.126 e. The topological polar surface area (TPSA) is 21.3 Å². The molecule has 1 N–H and O–H groups in total. The minimum absolute atomic E-state index is 0.0893. The van der Waals surface area contributed by atoms with Gasteiger partial charge in [0, 0.05) is 22.5 Å². The summed E-state index contributed by atoms with van der Waals surface area (Å²) in [6, 6.07) is 4.42. The largest absolute Gasteiger partial charge is 0.496 e. The molecule has 1 aliphatic rings. The zero-order valence-corrected chi connectivity index (χ0v) is 13.9. The summed E-state index contributed by atoms with van der Waals surface area (Å²) >= 11 is 3.66. The summed E-state index contributed by atoms with van der Waals surface area (Å²) in [4.78, 5) is 0. The number of nitrogens with one attached hydrogen (secondary N) is 1. The molecule has 1 atom stereocenters. The van der Waals surface area contributed by atoms with Crippen LogP contribution in [0.2, 0.25) is 0 Å². The lowest BCUT2D eigenvalue weighted by Crippen LogP contribution is -2.29. The summed E-state index contributed by atoms with van der Waals surface area (Å²) in [5.41, 5.74) is 2.71. The molecule has 0 aromatic heterocycles. The van der Waals surface area contributed by atoms with Gasteiger partial charge in [-0.2, -0.15) is 0 Å². The smallest absolute Gasteiger partial charge is 0.126 e. The van der Waals surface area contributed by atoms with Gasteiger partial charge >= 0.3 is 0 Å². The summed E-state index contributed by atoms with van der Waals surface area (Å²) in [6.07, 6.45) is 2.48. The van der Waals surface area contributed by atoms with Gasteiger partial charge in [-0.05, 0) is 42.5 Å². The van der Waals surface area contributed by atoms with Crippen LogP contribution in [0.15, 0.2) is 16.6 Å². The van der Waals surface area contributed by atoms with Gasteiger partial charge in [-0.15, -0.1) is 0 Å². The molecule has 0 spiro atoms. The molecule has 19 heavy (non-hydrogen) atoms. The summed E-state index contributed by atoms with van der Waals surface area (Å²) in [5, 5.41) is 3.49. The van der Waals surface area contributed by atoms with Crippen molar-refractivity contribution in [2.75, 3.05) is 20.2 Å². The van der Waals surface area contributed by atoms with E-state index in [1.807, 2.05) is 0 Å². The SMILES string of the molecule is COc1c(C2CCCNC2)cc(Br)cc1C(C)(C)C.